The Hall–Kier alpha value is -0.570. The smallest absolute Gasteiger partial charge is 0.309 e. The molecule has 3 nitrogen and oxygen atoms in total. The van der Waals surface area contributed by atoms with Crippen molar-refractivity contribution in [2.75, 3.05) is 0 Å². The number of carboxylic acid groups (broad SMARTS) is 1. The molecule has 0 bridgehead atoms. The van der Waals surface area contributed by atoms with Gasteiger partial charge in [-0.1, -0.05) is 174 Å². The number of carbonyl (C=O) groups is 1. The summed E-state index contributed by atoms with van der Waals surface area (Å²) in [6.07, 6.45) is 33.1. The molecule has 0 heterocycles. The third kappa shape index (κ3) is 24.9. The quantitative estimate of drug-likeness (QED) is 0.101. The molecule has 3 heteroatoms. The number of hydrogen-bond acceptors (Lipinski definition) is 2. The molecule has 0 rings (SSSR count). The molecular weight excluding hydrogens is 432 g/mol. The van der Waals surface area contributed by atoms with Crippen LogP contribution >= 0.6 is 0 Å². The SMILES string of the molecule is CCCCCCCCCCCCCCCCCC(O)C(CCCCCCCCCCCC)C(=O)O. The number of aliphatic hydroxyl groups is 1. The Balaban J connectivity index is 3.54. The van der Waals surface area contributed by atoms with E-state index in [1.54, 1.807) is 0 Å². The number of aliphatic hydroxyl groups excluding tert-OH is 1. The molecule has 0 aromatic heterocycles. The molecule has 0 aromatic carbocycles. The minimum absolute atomic E-state index is 0.573. The molecule has 0 saturated carbocycles. The fourth-order valence-corrected chi connectivity index (χ4v) is 5.26. The van der Waals surface area contributed by atoms with Gasteiger partial charge >= 0.3 is 5.97 Å². The Kier molecular flexibility index (Phi) is 27.6. The van der Waals surface area contributed by atoms with Gasteiger partial charge in [0.15, 0.2) is 0 Å². The summed E-state index contributed by atoms with van der Waals surface area (Å²) in [5, 5.41) is 20.0. The summed E-state index contributed by atoms with van der Waals surface area (Å²) in [7, 11) is 0. The molecule has 2 unspecified atom stereocenters. The van der Waals surface area contributed by atoms with Crippen LogP contribution in [0.5, 0.6) is 0 Å². The summed E-state index contributed by atoms with van der Waals surface area (Å²) < 4.78 is 0. The molecule has 0 aliphatic carbocycles. The second kappa shape index (κ2) is 28.0. The maximum atomic E-state index is 11.6. The van der Waals surface area contributed by atoms with Crippen molar-refractivity contribution >= 4 is 5.97 Å². The van der Waals surface area contributed by atoms with Crippen molar-refractivity contribution in [1.82, 2.24) is 0 Å². The first-order chi connectivity index (χ1) is 17.1. The van der Waals surface area contributed by atoms with Gasteiger partial charge in [0.05, 0.1) is 12.0 Å². The second-order valence-corrected chi connectivity index (χ2v) is 11.2. The second-order valence-electron chi connectivity index (χ2n) is 11.2. The van der Waals surface area contributed by atoms with Gasteiger partial charge in [0.25, 0.3) is 0 Å². The number of hydrogen-bond donors (Lipinski definition) is 2. The third-order valence-electron chi connectivity index (χ3n) is 7.75. The Morgan fingerprint density at radius 2 is 0.714 bits per heavy atom. The van der Waals surface area contributed by atoms with Crippen molar-refractivity contribution < 1.29 is 15.0 Å². The molecule has 0 radical (unpaired) electrons. The molecular formula is C32H64O3. The number of unbranched alkanes of at least 4 members (excludes halogenated alkanes) is 23. The highest BCUT2D eigenvalue weighted by Crippen LogP contribution is 2.21. The summed E-state index contributed by atoms with van der Waals surface area (Å²) in [5.41, 5.74) is 0. The maximum absolute atomic E-state index is 11.6. The van der Waals surface area contributed by atoms with Gasteiger partial charge in [-0.2, -0.15) is 0 Å². The lowest BCUT2D eigenvalue weighted by molar-refractivity contribution is -0.146. The van der Waals surface area contributed by atoms with Crippen LogP contribution in [0.1, 0.15) is 187 Å². The minimum atomic E-state index is -0.811. The molecule has 0 aliphatic rings. The standard InChI is InChI=1S/C32H64O3/c1-3-5-7-9-11-13-15-16-17-18-19-21-23-25-27-29-31(33)30(32(34)35)28-26-24-22-20-14-12-10-8-6-4-2/h30-31,33H,3-29H2,1-2H3,(H,34,35). The molecule has 0 aromatic rings. The van der Waals surface area contributed by atoms with Gasteiger partial charge < -0.3 is 10.2 Å². The topological polar surface area (TPSA) is 57.5 Å². The molecule has 2 atom stereocenters. The lowest BCUT2D eigenvalue weighted by atomic mass is 9.91. The largest absolute Gasteiger partial charge is 0.481 e. The third-order valence-corrected chi connectivity index (χ3v) is 7.75. The Morgan fingerprint density at radius 1 is 0.457 bits per heavy atom. The molecule has 210 valence electrons. The van der Waals surface area contributed by atoms with E-state index in [9.17, 15) is 15.0 Å². The van der Waals surface area contributed by atoms with Crippen LogP contribution < -0.4 is 0 Å². The Morgan fingerprint density at radius 3 is 1.00 bits per heavy atom. The van der Waals surface area contributed by atoms with E-state index < -0.39 is 18.0 Å². The molecule has 2 N–H and O–H groups in total. The fourth-order valence-electron chi connectivity index (χ4n) is 5.26. The number of rotatable bonds is 29. The average Bonchev–Trinajstić information content (AvgIpc) is 2.84. The van der Waals surface area contributed by atoms with E-state index in [2.05, 4.69) is 13.8 Å². The molecule has 0 aliphatic heterocycles. The highest BCUT2D eigenvalue weighted by Gasteiger charge is 2.25. The van der Waals surface area contributed by atoms with Crippen LogP contribution in [0.3, 0.4) is 0 Å². The summed E-state index contributed by atoms with van der Waals surface area (Å²) in [4.78, 5) is 11.6. The highest BCUT2D eigenvalue weighted by molar-refractivity contribution is 5.70. The van der Waals surface area contributed by atoms with Crippen LogP contribution in [-0.4, -0.2) is 22.3 Å². The van der Waals surface area contributed by atoms with Crippen molar-refractivity contribution in [3.05, 3.63) is 0 Å². The molecule has 0 fully saturated rings. The van der Waals surface area contributed by atoms with Crippen molar-refractivity contribution in [2.24, 2.45) is 5.92 Å². The first-order valence-corrected chi connectivity index (χ1v) is 16.0. The van der Waals surface area contributed by atoms with Gasteiger partial charge in [-0.05, 0) is 12.8 Å². The van der Waals surface area contributed by atoms with Gasteiger partial charge in [-0.25, -0.2) is 0 Å². The van der Waals surface area contributed by atoms with E-state index >= 15 is 0 Å². The first-order valence-electron chi connectivity index (χ1n) is 16.0. The maximum Gasteiger partial charge on any atom is 0.309 e. The summed E-state index contributed by atoms with van der Waals surface area (Å²) in [6, 6.07) is 0. The highest BCUT2D eigenvalue weighted by atomic mass is 16.4. The lowest BCUT2D eigenvalue weighted by Gasteiger charge is -2.19. The van der Waals surface area contributed by atoms with Crippen LogP contribution in [0.4, 0.5) is 0 Å². The van der Waals surface area contributed by atoms with Gasteiger partial charge in [-0.15, -0.1) is 0 Å². The molecule has 0 amide bonds. The van der Waals surface area contributed by atoms with E-state index in [1.165, 1.54) is 135 Å². The summed E-state index contributed by atoms with van der Waals surface area (Å²) in [5.74, 6) is -1.38. The fraction of sp³-hybridized carbons (Fsp3) is 0.969. The van der Waals surface area contributed by atoms with E-state index in [0.29, 0.717) is 12.8 Å². The van der Waals surface area contributed by atoms with Gasteiger partial charge in [0.1, 0.15) is 0 Å². The van der Waals surface area contributed by atoms with Crippen molar-refractivity contribution in [1.29, 1.82) is 0 Å². The van der Waals surface area contributed by atoms with E-state index in [0.717, 1.165) is 25.7 Å². The number of aliphatic carboxylic acids is 1. The monoisotopic (exact) mass is 496 g/mol. The molecule has 0 saturated heterocycles. The zero-order valence-corrected chi connectivity index (χ0v) is 24.0. The van der Waals surface area contributed by atoms with Gasteiger partial charge in [0, 0.05) is 0 Å². The van der Waals surface area contributed by atoms with Gasteiger partial charge in [-0.3, -0.25) is 4.79 Å². The van der Waals surface area contributed by atoms with E-state index in [-0.39, 0.29) is 0 Å². The average molecular weight is 497 g/mol. The predicted molar refractivity (Wildman–Crippen MR) is 153 cm³/mol. The first kappa shape index (κ1) is 34.4. The van der Waals surface area contributed by atoms with Crippen molar-refractivity contribution in [3.63, 3.8) is 0 Å². The zero-order valence-electron chi connectivity index (χ0n) is 24.0. The van der Waals surface area contributed by atoms with Crippen LogP contribution in [0.15, 0.2) is 0 Å². The minimum Gasteiger partial charge on any atom is -0.481 e. The van der Waals surface area contributed by atoms with Crippen LogP contribution in [0, 0.1) is 5.92 Å². The summed E-state index contributed by atoms with van der Waals surface area (Å²) in [6.45, 7) is 4.53. The van der Waals surface area contributed by atoms with E-state index in [1.807, 2.05) is 0 Å². The lowest BCUT2D eigenvalue weighted by Crippen LogP contribution is -2.28. The van der Waals surface area contributed by atoms with Gasteiger partial charge in [0.2, 0.25) is 0 Å². The molecule has 35 heavy (non-hydrogen) atoms. The number of carboxylic acids is 1. The predicted octanol–water partition coefficient (Wildman–Crippen LogP) is 10.6. The van der Waals surface area contributed by atoms with Crippen molar-refractivity contribution in [2.45, 2.75) is 193 Å². The normalized spacial score (nSPS) is 13.2. The Labute approximate surface area is 220 Å². The van der Waals surface area contributed by atoms with Crippen LogP contribution in [0.2, 0.25) is 0 Å². The van der Waals surface area contributed by atoms with Crippen LogP contribution in [0.25, 0.3) is 0 Å². The Bertz CT molecular complexity index is 423. The van der Waals surface area contributed by atoms with Crippen molar-refractivity contribution in [3.8, 4) is 0 Å². The van der Waals surface area contributed by atoms with Crippen LogP contribution in [-0.2, 0) is 4.79 Å². The molecule has 0 spiro atoms. The zero-order chi connectivity index (χ0) is 25.8. The summed E-state index contributed by atoms with van der Waals surface area (Å²) >= 11 is 0. The van der Waals surface area contributed by atoms with E-state index in [4.69, 9.17) is 0 Å².